The molecule has 0 unspecified atom stereocenters. The van der Waals surface area contributed by atoms with Crippen molar-refractivity contribution in [1.29, 1.82) is 0 Å². The van der Waals surface area contributed by atoms with E-state index in [1.807, 2.05) is 26.0 Å². The van der Waals surface area contributed by atoms with Gasteiger partial charge in [-0.05, 0) is 81.2 Å². The van der Waals surface area contributed by atoms with Crippen molar-refractivity contribution in [3.63, 3.8) is 0 Å². The number of rotatable bonds is 0. The SMILES string of the molecule is CC1(C)C=Cc2c(cc3c(c2O)Cc2c(ccc4c2C=CC(C)(C)O4)C3)O1. The average Bonchev–Trinajstić information content (AvgIpc) is 2.58. The molecular formula is C24H24O3. The van der Waals surface area contributed by atoms with Crippen molar-refractivity contribution in [2.45, 2.75) is 51.7 Å². The fraction of sp³-hybridized carbons (Fsp3) is 0.333. The molecule has 0 amide bonds. The molecule has 2 heterocycles. The first-order chi connectivity index (χ1) is 12.7. The molecule has 2 aromatic rings. The molecule has 3 nitrogen and oxygen atoms in total. The van der Waals surface area contributed by atoms with Crippen LogP contribution in [0.25, 0.3) is 12.2 Å². The summed E-state index contributed by atoms with van der Waals surface area (Å²) in [4.78, 5) is 0. The van der Waals surface area contributed by atoms with Crippen LogP contribution in [0.1, 0.15) is 61.1 Å². The second-order valence-electron chi connectivity index (χ2n) is 8.82. The first-order valence-corrected chi connectivity index (χ1v) is 9.51. The summed E-state index contributed by atoms with van der Waals surface area (Å²) in [7, 11) is 0. The van der Waals surface area contributed by atoms with Crippen LogP contribution < -0.4 is 9.47 Å². The molecule has 2 aromatic carbocycles. The normalized spacial score (nSPS) is 19.9. The standard InChI is InChI=1S/C24H24O3/c1-23(2)9-7-16-18-13-19-15(11-14(18)5-6-20(16)26-23)12-21-17(22(19)25)8-10-24(3,4)27-21/h5-10,12,25H,11,13H2,1-4H3. The lowest BCUT2D eigenvalue weighted by Gasteiger charge is -2.33. The highest BCUT2D eigenvalue weighted by Gasteiger charge is 2.31. The third-order valence-corrected chi connectivity index (χ3v) is 5.70. The summed E-state index contributed by atoms with van der Waals surface area (Å²) in [5, 5.41) is 11.0. The van der Waals surface area contributed by atoms with Gasteiger partial charge in [0.15, 0.2) is 0 Å². The summed E-state index contributed by atoms with van der Waals surface area (Å²) in [5.41, 5.74) is 5.98. The highest BCUT2D eigenvalue weighted by atomic mass is 16.5. The summed E-state index contributed by atoms with van der Waals surface area (Å²) < 4.78 is 12.2. The van der Waals surface area contributed by atoms with Gasteiger partial charge in [0.1, 0.15) is 28.5 Å². The highest BCUT2D eigenvalue weighted by molar-refractivity contribution is 5.74. The van der Waals surface area contributed by atoms with Crippen molar-refractivity contribution in [2.75, 3.05) is 0 Å². The fourth-order valence-corrected chi connectivity index (χ4v) is 4.27. The van der Waals surface area contributed by atoms with Crippen LogP contribution in [0.2, 0.25) is 0 Å². The van der Waals surface area contributed by atoms with E-state index in [0.717, 1.165) is 40.2 Å². The molecule has 1 N–H and O–H groups in total. The maximum Gasteiger partial charge on any atom is 0.131 e. The minimum atomic E-state index is -0.353. The van der Waals surface area contributed by atoms with E-state index in [1.165, 1.54) is 11.1 Å². The maximum atomic E-state index is 11.0. The molecule has 0 atom stereocenters. The zero-order chi connectivity index (χ0) is 19.0. The van der Waals surface area contributed by atoms with Crippen molar-refractivity contribution in [2.24, 2.45) is 0 Å². The third-order valence-electron chi connectivity index (χ3n) is 5.70. The molecule has 0 fully saturated rings. The van der Waals surface area contributed by atoms with Gasteiger partial charge in [0.2, 0.25) is 0 Å². The molecule has 0 bridgehead atoms. The molecule has 1 aliphatic carbocycles. The lowest BCUT2D eigenvalue weighted by atomic mass is 9.80. The molecule has 0 saturated heterocycles. The number of ether oxygens (including phenoxy) is 2. The Kier molecular flexibility index (Phi) is 3.17. The van der Waals surface area contributed by atoms with Gasteiger partial charge in [-0.3, -0.25) is 0 Å². The van der Waals surface area contributed by atoms with E-state index in [2.05, 4.69) is 44.2 Å². The Morgan fingerprint density at radius 3 is 2.19 bits per heavy atom. The third kappa shape index (κ3) is 2.56. The smallest absolute Gasteiger partial charge is 0.131 e. The quantitative estimate of drug-likeness (QED) is 0.595. The van der Waals surface area contributed by atoms with Gasteiger partial charge in [0, 0.05) is 17.5 Å². The fourth-order valence-electron chi connectivity index (χ4n) is 4.27. The van der Waals surface area contributed by atoms with Crippen molar-refractivity contribution in [3.05, 3.63) is 63.7 Å². The monoisotopic (exact) mass is 360 g/mol. The van der Waals surface area contributed by atoms with Gasteiger partial charge < -0.3 is 14.6 Å². The van der Waals surface area contributed by atoms with Crippen molar-refractivity contribution < 1.29 is 14.6 Å². The van der Waals surface area contributed by atoms with Gasteiger partial charge in [-0.2, -0.15) is 0 Å². The summed E-state index contributed by atoms with van der Waals surface area (Å²) >= 11 is 0. The maximum absolute atomic E-state index is 11.0. The van der Waals surface area contributed by atoms with Crippen LogP contribution in [0.3, 0.4) is 0 Å². The molecule has 3 aliphatic rings. The van der Waals surface area contributed by atoms with Gasteiger partial charge in [-0.15, -0.1) is 0 Å². The summed E-state index contributed by atoms with van der Waals surface area (Å²) in [5.74, 6) is 2.04. The summed E-state index contributed by atoms with van der Waals surface area (Å²) in [6.07, 6.45) is 9.76. The van der Waals surface area contributed by atoms with E-state index >= 15 is 0 Å². The molecular weight excluding hydrogens is 336 g/mol. The summed E-state index contributed by atoms with van der Waals surface area (Å²) in [6, 6.07) is 6.34. The largest absolute Gasteiger partial charge is 0.507 e. The Balaban J connectivity index is 1.62. The molecule has 0 saturated carbocycles. The summed E-state index contributed by atoms with van der Waals surface area (Å²) in [6.45, 7) is 8.18. The van der Waals surface area contributed by atoms with Gasteiger partial charge in [0.25, 0.3) is 0 Å². The van der Waals surface area contributed by atoms with Crippen LogP contribution in [0.4, 0.5) is 0 Å². The lowest BCUT2D eigenvalue weighted by molar-refractivity contribution is 0.157. The van der Waals surface area contributed by atoms with Crippen molar-refractivity contribution in [1.82, 2.24) is 0 Å². The zero-order valence-electron chi connectivity index (χ0n) is 16.2. The number of fused-ring (bicyclic) bond motifs is 5. The van der Waals surface area contributed by atoms with Gasteiger partial charge in [-0.25, -0.2) is 0 Å². The van der Waals surface area contributed by atoms with Crippen molar-refractivity contribution >= 4 is 12.2 Å². The molecule has 27 heavy (non-hydrogen) atoms. The van der Waals surface area contributed by atoms with Crippen LogP contribution in [0, 0.1) is 0 Å². The highest BCUT2D eigenvalue weighted by Crippen LogP contribution is 2.46. The topological polar surface area (TPSA) is 38.7 Å². The lowest BCUT2D eigenvalue weighted by Crippen LogP contribution is -2.28. The van der Waals surface area contributed by atoms with E-state index in [-0.39, 0.29) is 11.2 Å². The number of hydrogen-bond donors (Lipinski definition) is 1. The number of benzene rings is 2. The molecule has 0 radical (unpaired) electrons. The predicted octanol–water partition coefficient (Wildman–Crippen LogP) is 5.26. The molecule has 5 rings (SSSR count). The molecule has 0 spiro atoms. The van der Waals surface area contributed by atoms with Crippen LogP contribution in [0.5, 0.6) is 17.2 Å². The van der Waals surface area contributed by atoms with Crippen molar-refractivity contribution in [3.8, 4) is 17.2 Å². The minimum absolute atomic E-state index is 0.288. The van der Waals surface area contributed by atoms with Crippen LogP contribution in [-0.4, -0.2) is 16.3 Å². The molecule has 0 aromatic heterocycles. The van der Waals surface area contributed by atoms with E-state index in [0.29, 0.717) is 12.2 Å². The van der Waals surface area contributed by atoms with Crippen LogP contribution >= 0.6 is 0 Å². The zero-order valence-corrected chi connectivity index (χ0v) is 16.2. The number of phenols is 1. The Morgan fingerprint density at radius 2 is 1.44 bits per heavy atom. The van der Waals surface area contributed by atoms with Crippen LogP contribution in [-0.2, 0) is 12.8 Å². The van der Waals surface area contributed by atoms with E-state index in [4.69, 9.17) is 9.47 Å². The predicted molar refractivity (Wildman–Crippen MR) is 108 cm³/mol. The van der Waals surface area contributed by atoms with Gasteiger partial charge in [0.05, 0.1) is 5.56 Å². The van der Waals surface area contributed by atoms with Gasteiger partial charge in [-0.1, -0.05) is 12.1 Å². The minimum Gasteiger partial charge on any atom is -0.507 e. The molecule has 3 heteroatoms. The van der Waals surface area contributed by atoms with Crippen LogP contribution in [0.15, 0.2) is 30.4 Å². The number of hydrogen-bond acceptors (Lipinski definition) is 3. The Labute approximate surface area is 159 Å². The second-order valence-corrected chi connectivity index (χ2v) is 8.82. The first kappa shape index (κ1) is 16.5. The van der Waals surface area contributed by atoms with E-state index < -0.39 is 0 Å². The van der Waals surface area contributed by atoms with Gasteiger partial charge >= 0.3 is 0 Å². The molecule has 138 valence electrons. The Hall–Kier alpha value is -2.68. The average molecular weight is 360 g/mol. The number of aromatic hydroxyl groups is 1. The Bertz CT molecular complexity index is 1040. The first-order valence-electron chi connectivity index (χ1n) is 9.51. The molecule has 2 aliphatic heterocycles. The second kappa shape index (κ2) is 5.19. The van der Waals surface area contributed by atoms with E-state index in [9.17, 15) is 5.11 Å². The number of phenolic OH excluding ortho intramolecular Hbond substituents is 1. The van der Waals surface area contributed by atoms with E-state index in [1.54, 1.807) is 0 Å². The Morgan fingerprint density at radius 1 is 0.778 bits per heavy atom.